The van der Waals surface area contributed by atoms with Crippen LogP contribution >= 0.6 is 0 Å². The summed E-state index contributed by atoms with van der Waals surface area (Å²) in [5.74, 6) is 1.96. The van der Waals surface area contributed by atoms with Crippen molar-refractivity contribution in [2.75, 3.05) is 26.9 Å². The first kappa shape index (κ1) is 24.0. The number of methoxy groups -OCH3 is 1. The molecule has 1 aliphatic heterocycles. The van der Waals surface area contributed by atoms with Crippen LogP contribution in [-0.2, 0) is 32.2 Å². The average molecular weight is 453 g/mol. The fraction of sp³-hybridized carbons (Fsp3) is 0.500. The average Bonchev–Trinajstić information content (AvgIpc) is 3.48. The van der Waals surface area contributed by atoms with E-state index in [4.69, 9.17) is 23.7 Å². The second kappa shape index (κ2) is 12.3. The van der Waals surface area contributed by atoms with E-state index in [0.29, 0.717) is 44.9 Å². The van der Waals surface area contributed by atoms with Crippen molar-refractivity contribution in [1.82, 2.24) is 0 Å². The van der Waals surface area contributed by atoms with Crippen molar-refractivity contribution in [3.63, 3.8) is 0 Å². The molecule has 1 saturated carbocycles. The first-order valence-corrected chi connectivity index (χ1v) is 12.0. The van der Waals surface area contributed by atoms with Gasteiger partial charge in [0.2, 0.25) is 0 Å². The zero-order valence-corrected chi connectivity index (χ0v) is 19.7. The standard InChI is InChI=1S/C28H36O5/c1-3-7-25-23(17-28-31-14-15-32-28)16-27(33-19-22-10-12-24(29-2)13-11-22)26(25)20-30-18-21-8-5-4-6-9-21/h3-13,23,25-28H,14-20H2,1-2H3/b7-3-/t23-,25+,26-,27+/m1/s1. The van der Waals surface area contributed by atoms with Crippen molar-refractivity contribution in [3.05, 3.63) is 77.9 Å². The molecule has 5 nitrogen and oxygen atoms in total. The van der Waals surface area contributed by atoms with Gasteiger partial charge < -0.3 is 23.7 Å². The monoisotopic (exact) mass is 452 g/mol. The van der Waals surface area contributed by atoms with Gasteiger partial charge in [-0.05, 0) is 48.4 Å². The van der Waals surface area contributed by atoms with Gasteiger partial charge in [0.25, 0.3) is 0 Å². The Hall–Kier alpha value is -2.18. The summed E-state index contributed by atoms with van der Waals surface area (Å²) in [7, 11) is 1.68. The van der Waals surface area contributed by atoms with E-state index in [1.807, 2.05) is 18.2 Å². The topological polar surface area (TPSA) is 46.2 Å². The summed E-state index contributed by atoms with van der Waals surface area (Å²) in [6.45, 7) is 5.33. The number of benzene rings is 2. The number of allylic oxidation sites excluding steroid dienone is 2. The highest BCUT2D eigenvalue weighted by molar-refractivity contribution is 5.26. The molecule has 2 aliphatic rings. The minimum Gasteiger partial charge on any atom is -0.497 e. The molecule has 0 aromatic heterocycles. The van der Waals surface area contributed by atoms with Gasteiger partial charge in [-0.2, -0.15) is 0 Å². The van der Waals surface area contributed by atoms with Crippen molar-refractivity contribution in [2.45, 2.75) is 45.4 Å². The number of ether oxygens (including phenoxy) is 5. The molecule has 0 unspecified atom stereocenters. The van der Waals surface area contributed by atoms with Crippen LogP contribution in [-0.4, -0.2) is 39.3 Å². The summed E-state index contributed by atoms with van der Waals surface area (Å²) in [6, 6.07) is 18.4. The van der Waals surface area contributed by atoms with Crippen LogP contribution in [0.2, 0.25) is 0 Å². The highest BCUT2D eigenvalue weighted by atomic mass is 16.7. The van der Waals surface area contributed by atoms with Gasteiger partial charge in [0.05, 0.1) is 46.2 Å². The molecule has 0 amide bonds. The van der Waals surface area contributed by atoms with Crippen LogP contribution in [0.4, 0.5) is 0 Å². The molecule has 2 fully saturated rings. The lowest BCUT2D eigenvalue weighted by Gasteiger charge is -2.25. The molecule has 2 aromatic rings. The molecule has 0 radical (unpaired) electrons. The third-order valence-electron chi connectivity index (χ3n) is 6.70. The second-order valence-electron chi connectivity index (χ2n) is 8.87. The van der Waals surface area contributed by atoms with Crippen LogP contribution in [0.5, 0.6) is 5.75 Å². The molecule has 0 spiro atoms. The third kappa shape index (κ3) is 6.67. The normalized spacial score (nSPS) is 25.8. The van der Waals surface area contributed by atoms with E-state index in [1.54, 1.807) is 7.11 Å². The van der Waals surface area contributed by atoms with Gasteiger partial charge in [-0.1, -0.05) is 54.6 Å². The largest absolute Gasteiger partial charge is 0.497 e. The van der Waals surface area contributed by atoms with Crippen LogP contribution in [0.1, 0.15) is 30.9 Å². The van der Waals surface area contributed by atoms with E-state index in [2.05, 4.69) is 55.5 Å². The fourth-order valence-corrected chi connectivity index (χ4v) is 5.02. The minimum atomic E-state index is -0.103. The first-order chi connectivity index (χ1) is 16.3. The van der Waals surface area contributed by atoms with Gasteiger partial charge in [0.1, 0.15) is 5.75 Å². The maximum atomic E-state index is 6.51. The molecule has 2 aromatic carbocycles. The second-order valence-corrected chi connectivity index (χ2v) is 8.87. The molecule has 4 rings (SSSR count). The molecule has 5 heteroatoms. The van der Waals surface area contributed by atoms with E-state index < -0.39 is 0 Å². The quantitative estimate of drug-likeness (QED) is 0.428. The van der Waals surface area contributed by atoms with Crippen LogP contribution < -0.4 is 4.74 Å². The number of hydrogen-bond donors (Lipinski definition) is 0. The summed E-state index contributed by atoms with van der Waals surface area (Å²) < 4.78 is 29.5. The summed E-state index contributed by atoms with van der Waals surface area (Å²) >= 11 is 0. The molecule has 178 valence electrons. The lowest BCUT2D eigenvalue weighted by molar-refractivity contribution is -0.0600. The Morgan fingerprint density at radius 3 is 2.36 bits per heavy atom. The molecule has 4 atom stereocenters. The highest BCUT2D eigenvalue weighted by Gasteiger charge is 2.44. The zero-order valence-electron chi connectivity index (χ0n) is 19.7. The molecule has 0 N–H and O–H groups in total. The molecular formula is C28H36O5. The Balaban J connectivity index is 1.43. The van der Waals surface area contributed by atoms with Gasteiger partial charge in [-0.3, -0.25) is 0 Å². The SMILES string of the molecule is C/C=C\[C@H]1[C@@H](CC2OCCO2)C[C@H](OCc2ccc(OC)cc2)[C@@H]1COCc1ccccc1. The van der Waals surface area contributed by atoms with Gasteiger partial charge in [-0.15, -0.1) is 0 Å². The fourth-order valence-electron chi connectivity index (χ4n) is 5.02. The van der Waals surface area contributed by atoms with Crippen LogP contribution in [0.25, 0.3) is 0 Å². The smallest absolute Gasteiger partial charge is 0.158 e. The Kier molecular flexibility index (Phi) is 8.95. The Morgan fingerprint density at radius 2 is 1.67 bits per heavy atom. The summed E-state index contributed by atoms with van der Waals surface area (Å²) in [5, 5.41) is 0. The molecule has 1 aliphatic carbocycles. The summed E-state index contributed by atoms with van der Waals surface area (Å²) in [5.41, 5.74) is 2.34. The van der Waals surface area contributed by atoms with Gasteiger partial charge in [0.15, 0.2) is 6.29 Å². The van der Waals surface area contributed by atoms with Crippen LogP contribution in [0, 0.1) is 17.8 Å². The highest BCUT2D eigenvalue weighted by Crippen LogP contribution is 2.43. The number of hydrogen-bond acceptors (Lipinski definition) is 5. The maximum absolute atomic E-state index is 6.51. The molecule has 0 bridgehead atoms. The van der Waals surface area contributed by atoms with Crippen molar-refractivity contribution in [1.29, 1.82) is 0 Å². The lowest BCUT2D eigenvalue weighted by atomic mass is 9.87. The van der Waals surface area contributed by atoms with E-state index in [9.17, 15) is 0 Å². The van der Waals surface area contributed by atoms with Gasteiger partial charge in [-0.25, -0.2) is 0 Å². The number of rotatable bonds is 11. The predicted molar refractivity (Wildman–Crippen MR) is 128 cm³/mol. The first-order valence-electron chi connectivity index (χ1n) is 12.0. The summed E-state index contributed by atoms with van der Waals surface area (Å²) in [4.78, 5) is 0. The molecular weight excluding hydrogens is 416 g/mol. The van der Waals surface area contributed by atoms with E-state index in [-0.39, 0.29) is 18.3 Å². The lowest BCUT2D eigenvalue weighted by Crippen LogP contribution is -2.27. The van der Waals surface area contributed by atoms with Crippen molar-refractivity contribution >= 4 is 0 Å². The third-order valence-corrected chi connectivity index (χ3v) is 6.70. The Bertz CT molecular complexity index is 844. The zero-order chi connectivity index (χ0) is 22.9. The predicted octanol–water partition coefficient (Wildman–Crippen LogP) is 5.39. The van der Waals surface area contributed by atoms with E-state index in [1.165, 1.54) is 5.56 Å². The minimum absolute atomic E-state index is 0.103. The van der Waals surface area contributed by atoms with E-state index in [0.717, 1.165) is 24.2 Å². The Labute approximate surface area is 197 Å². The van der Waals surface area contributed by atoms with Crippen molar-refractivity contribution in [3.8, 4) is 5.75 Å². The van der Waals surface area contributed by atoms with Crippen molar-refractivity contribution < 1.29 is 23.7 Å². The molecule has 1 saturated heterocycles. The van der Waals surface area contributed by atoms with Crippen molar-refractivity contribution in [2.24, 2.45) is 17.8 Å². The van der Waals surface area contributed by atoms with Gasteiger partial charge >= 0.3 is 0 Å². The van der Waals surface area contributed by atoms with E-state index >= 15 is 0 Å². The molecule has 1 heterocycles. The van der Waals surface area contributed by atoms with Crippen LogP contribution in [0.15, 0.2) is 66.7 Å². The van der Waals surface area contributed by atoms with Gasteiger partial charge in [0, 0.05) is 12.3 Å². The van der Waals surface area contributed by atoms with Crippen LogP contribution in [0.3, 0.4) is 0 Å². The Morgan fingerprint density at radius 1 is 0.939 bits per heavy atom. The summed E-state index contributed by atoms with van der Waals surface area (Å²) in [6.07, 6.45) is 6.38. The maximum Gasteiger partial charge on any atom is 0.158 e. The molecule has 33 heavy (non-hydrogen) atoms.